The molecular weight excluding hydrogens is 182 g/mol. The molecule has 1 aliphatic rings. The van der Waals surface area contributed by atoms with Gasteiger partial charge in [-0.05, 0) is 29.4 Å². The van der Waals surface area contributed by atoms with Crippen LogP contribution in [0.25, 0.3) is 0 Å². The molecule has 4 heteroatoms. The van der Waals surface area contributed by atoms with Crippen molar-refractivity contribution in [1.29, 1.82) is 0 Å². The third kappa shape index (κ3) is 1.64. The normalized spacial score (nSPS) is 19.6. The van der Waals surface area contributed by atoms with Gasteiger partial charge in [0.15, 0.2) is 0 Å². The van der Waals surface area contributed by atoms with Gasteiger partial charge in [-0.1, -0.05) is 0 Å². The SMILES string of the molecule is COc1ccc(C2=NOC(C)O2)cc1. The van der Waals surface area contributed by atoms with E-state index in [1.165, 1.54) is 0 Å². The standard InChI is InChI=1S/C10H11NO3/c1-7-13-10(11-14-7)8-3-5-9(12-2)6-4-8/h3-7H,1-2H3. The van der Waals surface area contributed by atoms with E-state index in [9.17, 15) is 0 Å². The molecule has 1 aliphatic heterocycles. The van der Waals surface area contributed by atoms with Crippen LogP contribution in [0.4, 0.5) is 0 Å². The Morgan fingerprint density at radius 2 is 2.00 bits per heavy atom. The molecule has 1 aromatic carbocycles. The fourth-order valence-corrected chi connectivity index (χ4v) is 1.18. The number of hydrogen-bond acceptors (Lipinski definition) is 4. The molecule has 0 saturated heterocycles. The molecule has 0 saturated carbocycles. The van der Waals surface area contributed by atoms with E-state index in [1.54, 1.807) is 14.0 Å². The number of benzene rings is 1. The minimum Gasteiger partial charge on any atom is -0.497 e. The quantitative estimate of drug-likeness (QED) is 0.718. The average Bonchev–Trinajstić information content (AvgIpc) is 2.65. The van der Waals surface area contributed by atoms with Crippen molar-refractivity contribution in [3.63, 3.8) is 0 Å². The third-order valence-corrected chi connectivity index (χ3v) is 1.90. The molecule has 0 bridgehead atoms. The first-order valence-corrected chi connectivity index (χ1v) is 4.34. The molecule has 1 unspecified atom stereocenters. The van der Waals surface area contributed by atoms with Crippen molar-refractivity contribution in [3.05, 3.63) is 29.8 Å². The summed E-state index contributed by atoms with van der Waals surface area (Å²) in [6, 6.07) is 7.45. The number of methoxy groups -OCH3 is 1. The van der Waals surface area contributed by atoms with Gasteiger partial charge >= 0.3 is 0 Å². The minimum atomic E-state index is -0.299. The predicted molar refractivity (Wildman–Crippen MR) is 51.2 cm³/mol. The van der Waals surface area contributed by atoms with E-state index in [0.29, 0.717) is 5.90 Å². The minimum absolute atomic E-state index is 0.299. The Morgan fingerprint density at radius 3 is 2.50 bits per heavy atom. The Kier molecular flexibility index (Phi) is 2.26. The van der Waals surface area contributed by atoms with Gasteiger partial charge in [-0.3, -0.25) is 0 Å². The highest BCUT2D eigenvalue weighted by Crippen LogP contribution is 2.16. The van der Waals surface area contributed by atoms with Gasteiger partial charge in [0.05, 0.1) is 7.11 Å². The first-order chi connectivity index (χ1) is 6.79. The van der Waals surface area contributed by atoms with Gasteiger partial charge < -0.3 is 14.3 Å². The molecule has 0 amide bonds. The van der Waals surface area contributed by atoms with Crippen molar-refractivity contribution in [2.45, 2.75) is 13.2 Å². The van der Waals surface area contributed by atoms with Gasteiger partial charge in [0.25, 0.3) is 12.2 Å². The summed E-state index contributed by atoms with van der Waals surface area (Å²) < 4.78 is 10.3. The fourth-order valence-electron chi connectivity index (χ4n) is 1.18. The first-order valence-electron chi connectivity index (χ1n) is 4.34. The second-order valence-electron chi connectivity index (χ2n) is 2.92. The summed E-state index contributed by atoms with van der Waals surface area (Å²) in [4.78, 5) is 4.91. The average molecular weight is 193 g/mol. The monoisotopic (exact) mass is 193 g/mol. The first kappa shape index (κ1) is 8.87. The van der Waals surface area contributed by atoms with Crippen LogP contribution in [0.1, 0.15) is 12.5 Å². The lowest BCUT2D eigenvalue weighted by molar-refractivity contribution is -0.0317. The van der Waals surface area contributed by atoms with Gasteiger partial charge in [0.1, 0.15) is 5.75 Å². The van der Waals surface area contributed by atoms with Crippen molar-refractivity contribution >= 4 is 5.90 Å². The zero-order valence-electron chi connectivity index (χ0n) is 8.06. The zero-order valence-corrected chi connectivity index (χ0v) is 8.06. The Labute approximate surface area is 82.1 Å². The van der Waals surface area contributed by atoms with Gasteiger partial charge in [-0.2, -0.15) is 0 Å². The zero-order chi connectivity index (χ0) is 9.97. The lowest BCUT2D eigenvalue weighted by Gasteiger charge is -2.03. The summed E-state index contributed by atoms with van der Waals surface area (Å²) >= 11 is 0. The Bertz CT molecular complexity index is 345. The maximum Gasteiger partial charge on any atom is 0.264 e. The number of rotatable bonds is 2. The second-order valence-corrected chi connectivity index (χ2v) is 2.92. The van der Waals surface area contributed by atoms with Crippen molar-refractivity contribution in [2.75, 3.05) is 7.11 Å². The molecule has 14 heavy (non-hydrogen) atoms. The molecule has 0 radical (unpaired) electrons. The number of nitrogens with zero attached hydrogens (tertiary/aromatic N) is 1. The van der Waals surface area contributed by atoms with Gasteiger partial charge in [0.2, 0.25) is 0 Å². The van der Waals surface area contributed by atoms with E-state index in [2.05, 4.69) is 5.16 Å². The maximum absolute atomic E-state index is 5.31. The van der Waals surface area contributed by atoms with E-state index < -0.39 is 0 Å². The van der Waals surface area contributed by atoms with Crippen LogP contribution in [0.5, 0.6) is 5.75 Å². The van der Waals surface area contributed by atoms with Crippen molar-refractivity contribution < 1.29 is 14.3 Å². The molecule has 0 fully saturated rings. The van der Waals surface area contributed by atoms with E-state index in [-0.39, 0.29) is 6.29 Å². The van der Waals surface area contributed by atoms with Crippen LogP contribution in [0, 0.1) is 0 Å². The highest BCUT2D eigenvalue weighted by atomic mass is 16.8. The van der Waals surface area contributed by atoms with Crippen LogP contribution in [-0.2, 0) is 9.57 Å². The molecule has 0 spiro atoms. The van der Waals surface area contributed by atoms with E-state index in [0.717, 1.165) is 11.3 Å². The summed E-state index contributed by atoms with van der Waals surface area (Å²) in [5.41, 5.74) is 0.884. The second kappa shape index (κ2) is 3.57. The Morgan fingerprint density at radius 1 is 1.29 bits per heavy atom. The van der Waals surface area contributed by atoms with Crippen LogP contribution >= 0.6 is 0 Å². The highest BCUT2D eigenvalue weighted by Gasteiger charge is 2.18. The van der Waals surface area contributed by atoms with Crippen molar-refractivity contribution in [1.82, 2.24) is 0 Å². The van der Waals surface area contributed by atoms with E-state index in [1.807, 2.05) is 24.3 Å². The van der Waals surface area contributed by atoms with Gasteiger partial charge in [-0.15, -0.1) is 0 Å². The fraction of sp³-hybridized carbons (Fsp3) is 0.300. The van der Waals surface area contributed by atoms with E-state index in [4.69, 9.17) is 14.3 Å². The number of hydrogen-bond donors (Lipinski definition) is 0. The smallest absolute Gasteiger partial charge is 0.264 e. The van der Waals surface area contributed by atoms with Gasteiger partial charge in [0, 0.05) is 12.5 Å². The Hall–Kier alpha value is -1.71. The molecule has 2 rings (SSSR count). The third-order valence-electron chi connectivity index (χ3n) is 1.90. The summed E-state index contributed by atoms with van der Waals surface area (Å²) in [5.74, 6) is 1.32. The van der Waals surface area contributed by atoms with Crippen molar-refractivity contribution in [3.8, 4) is 5.75 Å². The summed E-state index contributed by atoms with van der Waals surface area (Å²) in [7, 11) is 1.63. The highest BCUT2D eigenvalue weighted by molar-refractivity contribution is 5.94. The molecule has 1 atom stereocenters. The lowest BCUT2D eigenvalue weighted by Crippen LogP contribution is -2.07. The van der Waals surface area contributed by atoms with Crippen LogP contribution in [0.15, 0.2) is 29.4 Å². The largest absolute Gasteiger partial charge is 0.497 e. The van der Waals surface area contributed by atoms with Crippen LogP contribution < -0.4 is 4.74 Å². The molecule has 0 N–H and O–H groups in total. The number of ether oxygens (including phenoxy) is 2. The molecule has 1 aromatic rings. The molecule has 74 valence electrons. The summed E-state index contributed by atoms with van der Waals surface area (Å²) in [6.07, 6.45) is -0.299. The van der Waals surface area contributed by atoms with Crippen molar-refractivity contribution in [2.24, 2.45) is 5.16 Å². The summed E-state index contributed by atoms with van der Waals surface area (Å²) in [5, 5.41) is 3.80. The van der Waals surface area contributed by atoms with Crippen LogP contribution in [-0.4, -0.2) is 19.3 Å². The molecule has 4 nitrogen and oxygen atoms in total. The van der Waals surface area contributed by atoms with E-state index >= 15 is 0 Å². The number of oxime groups is 1. The van der Waals surface area contributed by atoms with Gasteiger partial charge in [-0.25, -0.2) is 0 Å². The summed E-state index contributed by atoms with van der Waals surface area (Å²) in [6.45, 7) is 1.79. The molecular formula is C10H11NO3. The Balaban J connectivity index is 2.17. The molecule has 1 heterocycles. The predicted octanol–water partition coefficient (Wildman–Crippen LogP) is 1.75. The molecule has 0 aliphatic carbocycles. The lowest BCUT2D eigenvalue weighted by atomic mass is 10.2. The van der Waals surface area contributed by atoms with Crippen LogP contribution in [0.2, 0.25) is 0 Å². The maximum atomic E-state index is 5.31. The van der Waals surface area contributed by atoms with Crippen LogP contribution in [0.3, 0.4) is 0 Å². The molecule has 0 aromatic heterocycles. The topological polar surface area (TPSA) is 40.0 Å².